The monoisotopic (exact) mass is 310 g/mol. The van der Waals surface area contributed by atoms with Gasteiger partial charge in [-0.1, -0.05) is 11.6 Å². The molecular weight excluding hydrogens is 297 g/mol. The zero-order valence-electron chi connectivity index (χ0n) is 10.7. The molecule has 0 aromatic heterocycles. The summed E-state index contributed by atoms with van der Waals surface area (Å²) in [5.74, 6) is -0.152. The second-order valence-electron chi connectivity index (χ2n) is 3.91. The molecule has 0 fully saturated rings. The minimum atomic E-state index is -4.40. The van der Waals surface area contributed by atoms with Crippen molar-refractivity contribution in [2.24, 2.45) is 0 Å². The second-order valence-corrected chi connectivity index (χ2v) is 4.35. The molecule has 0 aliphatic heterocycles. The van der Waals surface area contributed by atoms with E-state index in [0.29, 0.717) is 16.5 Å². The van der Waals surface area contributed by atoms with Crippen LogP contribution in [-0.4, -0.2) is 32.3 Å². The largest absolute Gasteiger partial charge is 0.495 e. The third-order valence-electron chi connectivity index (χ3n) is 2.32. The molecule has 0 aliphatic rings. The van der Waals surface area contributed by atoms with Gasteiger partial charge in [-0.15, -0.1) is 0 Å². The van der Waals surface area contributed by atoms with Crippen molar-refractivity contribution in [3.63, 3.8) is 0 Å². The number of methoxy groups -OCH3 is 1. The van der Waals surface area contributed by atoms with Crippen LogP contribution in [0.3, 0.4) is 0 Å². The van der Waals surface area contributed by atoms with E-state index in [2.05, 4.69) is 5.32 Å². The molecule has 0 spiro atoms. The Bertz CT molecular complexity index is 467. The zero-order valence-corrected chi connectivity index (χ0v) is 11.4. The molecule has 1 amide bonds. The summed E-state index contributed by atoms with van der Waals surface area (Å²) in [4.78, 5) is 11.2. The molecule has 20 heavy (non-hydrogen) atoms. The van der Waals surface area contributed by atoms with E-state index in [1.54, 1.807) is 23.5 Å². The van der Waals surface area contributed by atoms with Crippen molar-refractivity contribution in [1.82, 2.24) is 5.32 Å². The van der Waals surface area contributed by atoms with E-state index in [1.165, 1.54) is 7.11 Å². The summed E-state index contributed by atoms with van der Waals surface area (Å²) in [6.45, 7) is -1.16. The standard InChI is InChI=1S/C12H14ClF3N2O2/c1-20-10-3-2-8(13)6-9(10)17-5-4-11(19)18-7-12(14,15)16/h2-3,6,17H,4-5,7H2,1H3,(H,18,19). The fraction of sp³-hybridized carbons (Fsp3) is 0.417. The Morgan fingerprint density at radius 3 is 2.70 bits per heavy atom. The second kappa shape index (κ2) is 7.23. The Labute approximate surface area is 119 Å². The summed E-state index contributed by atoms with van der Waals surface area (Å²) in [6, 6.07) is 4.89. The van der Waals surface area contributed by atoms with E-state index in [0.717, 1.165) is 0 Å². The van der Waals surface area contributed by atoms with Crippen LogP contribution in [0, 0.1) is 0 Å². The number of rotatable bonds is 6. The van der Waals surface area contributed by atoms with E-state index in [1.807, 2.05) is 0 Å². The van der Waals surface area contributed by atoms with Gasteiger partial charge in [-0.05, 0) is 18.2 Å². The Kier molecular flexibility index (Phi) is 5.94. The number of nitrogens with one attached hydrogen (secondary N) is 2. The van der Waals surface area contributed by atoms with Crippen LogP contribution in [-0.2, 0) is 4.79 Å². The van der Waals surface area contributed by atoms with E-state index in [4.69, 9.17) is 16.3 Å². The number of carbonyl (C=O) groups is 1. The molecule has 4 nitrogen and oxygen atoms in total. The van der Waals surface area contributed by atoms with E-state index < -0.39 is 18.6 Å². The Morgan fingerprint density at radius 2 is 2.10 bits per heavy atom. The SMILES string of the molecule is COc1ccc(Cl)cc1NCCC(=O)NCC(F)(F)F. The smallest absolute Gasteiger partial charge is 0.405 e. The molecule has 0 aliphatic carbocycles. The highest BCUT2D eigenvalue weighted by Gasteiger charge is 2.27. The molecule has 1 rings (SSSR count). The first kappa shape index (κ1) is 16.4. The molecule has 0 radical (unpaired) electrons. The number of halogens is 4. The number of alkyl halides is 3. The van der Waals surface area contributed by atoms with Crippen LogP contribution >= 0.6 is 11.6 Å². The summed E-state index contributed by atoms with van der Waals surface area (Å²) < 4.78 is 40.7. The van der Waals surface area contributed by atoms with Crippen molar-refractivity contribution in [2.45, 2.75) is 12.6 Å². The van der Waals surface area contributed by atoms with Gasteiger partial charge in [0, 0.05) is 18.0 Å². The van der Waals surface area contributed by atoms with Gasteiger partial charge in [-0.25, -0.2) is 0 Å². The first-order chi connectivity index (χ1) is 9.31. The first-order valence-electron chi connectivity index (χ1n) is 5.72. The van der Waals surface area contributed by atoms with Crippen molar-refractivity contribution < 1.29 is 22.7 Å². The number of ether oxygens (including phenoxy) is 1. The van der Waals surface area contributed by atoms with Gasteiger partial charge in [0.2, 0.25) is 5.91 Å². The van der Waals surface area contributed by atoms with E-state index in [-0.39, 0.29) is 13.0 Å². The molecule has 2 N–H and O–H groups in total. The highest BCUT2D eigenvalue weighted by atomic mass is 35.5. The molecule has 1 aromatic rings. The zero-order chi connectivity index (χ0) is 15.2. The first-order valence-corrected chi connectivity index (χ1v) is 6.10. The van der Waals surface area contributed by atoms with Crippen LogP contribution in [0.5, 0.6) is 5.75 Å². The lowest BCUT2D eigenvalue weighted by Gasteiger charge is -2.12. The normalized spacial score (nSPS) is 11.1. The van der Waals surface area contributed by atoms with E-state index >= 15 is 0 Å². The van der Waals surface area contributed by atoms with Gasteiger partial charge >= 0.3 is 6.18 Å². The molecule has 8 heteroatoms. The lowest BCUT2D eigenvalue weighted by atomic mass is 10.2. The van der Waals surface area contributed by atoms with Crippen molar-refractivity contribution in [3.05, 3.63) is 23.2 Å². The highest BCUT2D eigenvalue weighted by Crippen LogP contribution is 2.27. The number of carbonyl (C=O) groups excluding carboxylic acids is 1. The Hall–Kier alpha value is -1.63. The average molecular weight is 311 g/mol. The van der Waals surface area contributed by atoms with Crippen LogP contribution < -0.4 is 15.4 Å². The fourth-order valence-electron chi connectivity index (χ4n) is 1.42. The number of benzene rings is 1. The lowest BCUT2D eigenvalue weighted by Crippen LogP contribution is -2.34. The van der Waals surface area contributed by atoms with Gasteiger partial charge in [0.1, 0.15) is 12.3 Å². The number of amides is 1. The number of hydrogen-bond donors (Lipinski definition) is 2. The Morgan fingerprint density at radius 1 is 1.40 bits per heavy atom. The van der Waals surface area contributed by atoms with Gasteiger partial charge in [-0.3, -0.25) is 4.79 Å². The van der Waals surface area contributed by atoms with Gasteiger partial charge in [0.25, 0.3) is 0 Å². The minimum absolute atomic E-state index is 0.0915. The van der Waals surface area contributed by atoms with Crippen LogP contribution in [0.15, 0.2) is 18.2 Å². The summed E-state index contributed by atoms with van der Waals surface area (Å²) in [5.41, 5.74) is 0.573. The van der Waals surface area contributed by atoms with Crippen molar-refractivity contribution in [1.29, 1.82) is 0 Å². The molecule has 1 aromatic carbocycles. The Balaban J connectivity index is 2.41. The fourth-order valence-corrected chi connectivity index (χ4v) is 1.59. The molecule has 0 saturated carbocycles. The number of hydrogen-bond acceptors (Lipinski definition) is 3. The predicted octanol–water partition coefficient (Wildman–Crippen LogP) is 2.83. The van der Waals surface area contributed by atoms with Crippen molar-refractivity contribution in [2.75, 3.05) is 25.5 Å². The maximum Gasteiger partial charge on any atom is 0.405 e. The molecule has 0 unspecified atom stereocenters. The third-order valence-corrected chi connectivity index (χ3v) is 2.55. The van der Waals surface area contributed by atoms with Crippen LogP contribution in [0.4, 0.5) is 18.9 Å². The molecule has 0 atom stereocenters. The molecule has 112 valence electrons. The predicted molar refractivity (Wildman–Crippen MR) is 70.2 cm³/mol. The maximum atomic E-state index is 11.9. The highest BCUT2D eigenvalue weighted by molar-refractivity contribution is 6.30. The van der Waals surface area contributed by atoms with Crippen LogP contribution in [0.1, 0.15) is 6.42 Å². The van der Waals surface area contributed by atoms with Gasteiger partial charge in [0.05, 0.1) is 12.8 Å². The van der Waals surface area contributed by atoms with Gasteiger partial charge in [-0.2, -0.15) is 13.2 Å². The van der Waals surface area contributed by atoms with Gasteiger partial charge < -0.3 is 15.4 Å². The summed E-state index contributed by atoms with van der Waals surface area (Å²) in [7, 11) is 1.48. The lowest BCUT2D eigenvalue weighted by molar-refractivity contribution is -0.138. The summed E-state index contributed by atoms with van der Waals surface area (Å²) in [5, 5.41) is 5.15. The molecule has 0 heterocycles. The summed E-state index contributed by atoms with van der Waals surface area (Å²) >= 11 is 5.82. The molecule has 0 saturated heterocycles. The number of anilines is 1. The molecule has 0 bridgehead atoms. The maximum absolute atomic E-state index is 11.9. The summed E-state index contributed by atoms with van der Waals surface area (Å²) in [6.07, 6.45) is -4.50. The van der Waals surface area contributed by atoms with Crippen LogP contribution in [0.2, 0.25) is 5.02 Å². The topological polar surface area (TPSA) is 50.4 Å². The molecular formula is C12H14ClF3N2O2. The van der Waals surface area contributed by atoms with Gasteiger partial charge in [0.15, 0.2) is 0 Å². The van der Waals surface area contributed by atoms with Crippen LogP contribution in [0.25, 0.3) is 0 Å². The average Bonchev–Trinajstić information content (AvgIpc) is 2.36. The van der Waals surface area contributed by atoms with E-state index in [9.17, 15) is 18.0 Å². The minimum Gasteiger partial charge on any atom is -0.495 e. The quantitative estimate of drug-likeness (QED) is 0.849. The van der Waals surface area contributed by atoms with Crippen molar-refractivity contribution in [3.8, 4) is 5.75 Å². The van der Waals surface area contributed by atoms with Crippen molar-refractivity contribution >= 4 is 23.2 Å². The third kappa shape index (κ3) is 6.01.